The molecule has 1 aromatic heterocycles. The van der Waals surface area contributed by atoms with Crippen molar-refractivity contribution in [3.8, 4) is 5.75 Å². The molecule has 0 aliphatic heterocycles. The van der Waals surface area contributed by atoms with Gasteiger partial charge >= 0.3 is 0 Å². The van der Waals surface area contributed by atoms with Gasteiger partial charge < -0.3 is 15.3 Å². The van der Waals surface area contributed by atoms with Crippen LogP contribution in [0, 0.1) is 6.92 Å². The summed E-state index contributed by atoms with van der Waals surface area (Å²) in [4.78, 5) is 0. The van der Waals surface area contributed by atoms with Crippen LogP contribution < -0.4 is 5.73 Å². The van der Waals surface area contributed by atoms with Crippen LogP contribution in [0.1, 0.15) is 11.1 Å². The number of nitrogens with two attached hydrogens (primary N) is 1. The van der Waals surface area contributed by atoms with E-state index in [1.54, 1.807) is 12.3 Å². The number of benzene rings is 1. The molecule has 0 spiro atoms. The molecule has 2 aromatic rings. The Bertz CT molecular complexity index is 445. The van der Waals surface area contributed by atoms with E-state index < -0.39 is 0 Å². The average Bonchev–Trinajstić information content (AvgIpc) is 2.48. The lowest BCUT2D eigenvalue weighted by atomic mass is 10.1. The van der Waals surface area contributed by atoms with Gasteiger partial charge in [0.15, 0.2) is 0 Å². The second kappa shape index (κ2) is 2.78. The Hall–Kier alpha value is -1.48. The second-order valence-electron chi connectivity index (χ2n) is 3.06. The van der Waals surface area contributed by atoms with Crippen LogP contribution in [-0.4, -0.2) is 5.11 Å². The molecule has 0 saturated carbocycles. The number of rotatable bonds is 1. The van der Waals surface area contributed by atoms with E-state index in [0.717, 1.165) is 10.9 Å². The highest BCUT2D eigenvalue weighted by molar-refractivity contribution is 5.85. The highest BCUT2D eigenvalue weighted by Crippen LogP contribution is 2.29. The molecule has 0 aliphatic carbocycles. The molecule has 0 saturated heterocycles. The van der Waals surface area contributed by atoms with E-state index >= 15 is 0 Å². The maximum Gasteiger partial charge on any atom is 0.142 e. The molecule has 1 heterocycles. The number of phenolic OH excluding ortho intramolecular Hbond substituents is 1. The Morgan fingerprint density at radius 1 is 1.46 bits per heavy atom. The monoisotopic (exact) mass is 177 g/mol. The number of hydrogen-bond donors (Lipinski definition) is 2. The molecule has 0 unspecified atom stereocenters. The lowest BCUT2D eigenvalue weighted by Crippen LogP contribution is -1.96. The maximum atomic E-state index is 9.48. The van der Waals surface area contributed by atoms with Crippen molar-refractivity contribution in [1.82, 2.24) is 0 Å². The van der Waals surface area contributed by atoms with Crippen molar-refractivity contribution in [2.24, 2.45) is 5.73 Å². The molecule has 0 fully saturated rings. The van der Waals surface area contributed by atoms with Crippen molar-refractivity contribution in [2.75, 3.05) is 0 Å². The van der Waals surface area contributed by atoms with E-state index in [1.165, 1.54) is 0 Å². The largest absolute Gasteiger partial charge is 0.507 e. The van der Waals surface area contributed by atoms with Crippen LogP contribution in [0.2, 0.25) is 0 Å². The fraction of sp³-hybridized carbons (Fsp3) is 0.200. The van der Waals surface area contributed by atoms with Gasteiger partial charge in [0, 0.05) is 11.9 Å². The lowest BCUT2D eigenvalue weighted by molar-refractivity contribution is 0.467. The molecule has 1 aromatic carbocycles. The number of phenols is 1. The third-order valence-electron chi connectivity index (χ3n) is 2.22. The maximum absolute atomic E-state index is 9.48. The zero-order chi connectivity index (χ0) is 9.42. The summed E-state index contributed by atoms with van der Waals surface area (Å²) in [7, 11) is 0. The molecule has 3 N–H and O–H groups in total. The molecule has 13 heavy (non-hydrogen) atoms. The molecule has 0 radical (unpaired) electrons. The van der Waals surface area contributed by atoms with Crippen molar-refractivity contribution in [1.29, 1.82) is 0 Å². The van der Waals surface area contributed by atoms with Crippen LogP contribution in [0.3, 0.4) is 0 Å². The van der Waals surface area contributed by atoms with Crippen molar-refractivity contribution >= 4 is 11.0 Å². The van der Waals surface area contributed by atoms with Crippen molar-refractivity contribution < 1.29 is 9.52 Å². The number of fused-ring (bicyclic) bond motifs is 1. The van der Waals surface area contributed by atoms with E-state index in [2.05, 4.69) is 0 Å². The van der Waals surface area contributed by atoms with Gasteiger partial charge in [0.25, 0.3) is 0 Å². The third-order valence-corrected chi connectivity index (χ3v) is 2.22. The van der Waals surface area contributed by atoms with Crippen LogP contribution in [0.5, 0.6) is 5.75 Å². The summed E-state index contributed by atoms with van der Waals surface area (Å²) in [6.07, 6.45) is 1.67. The van der Waals surface area contributed by atoms with Gasteiger partial charge in [-0.3, -0.25) is 0 Å². The van der Waals surface area contributed by atoms with Gasteiger partial charge in [-0.2, -0.15) is 0 Å². The Labute approximate surface area is 75.8 Å². The first-order chi connectivity index (χ1) is 6.24. The van der Waals surface area contributed by atoms with Gasteiger partial charge in [0.2, 0.25) is 0 Å². The molecule has 0 aliphatic rings. The molecular formula is C10H11NO2. The van der Waals surface area contributed by atoms with Crippen LogP contribution >= 0.6 is 0 Å². The van der Waals surface area contributed by atoms with Crippen molar-refractivity contribution in [3.63, 3.8) is 0 Å². The summed E-state index contributed by atoms with van der Waals surface area (Å²) in [5.41, 5.74) is 7.93. The van der Waals surface area contributed by atoms with Crippen LogP contribution in [0.25, 0.3) is 11.0 Å². The molecular weight excluding hydrogens is 166 g/mol. The van der Waals surface area contributed by atoms with Gasteiger partial charge in [0.05, 0.1) is 11.8 Å². The summed E-state index contributed by atoms with van der Waals surface area (Å²) in [5.74, 6) is 0.198. The van der Waals surface area contributed by atoms with E-state index in [4.69, 9.17) is 10.2 Å². The van der Waals surface area contributed by atoms with Crippen molar-refractivity contribution in [2.45, 2.75) is 13.5 Å². The first-order valence-corrected chi connectivity index (χ1v) is 4.12. The fourth-order valence-corrected chi connectivity index (χ4v) is 1.47. The molecule has 68 valence electrons. The summed E-state index contributed by atoms with van der Waals surface area (Å²) in [6.45, 7) is 2.25. The smallest absolute Gasteiger partial charge is 0.142 e. The number of hydrogen-bond acceptors (Lipinski definition) is 3. The Kier molecular flexibility index (Phi) is 1.74. The van der Waals surface area contributed by atoms with E-state index in [-0.39, 0.29) is 12.3 Å². The molecule has 3 nitrogen and oxygen atoms in total. The zero-order valence-electron chi connectivity index (χ0n) is 7.37. The van der Waals surface area contributed by atoms with Gasteiger partial charge in [0.1, 0.15) is 11.3 Å². The Morgan fingerprint density at radius 2 is 2.23 bits per heavy atom. The number of aromatic hydroxyl groups is 1. The number of furan rings is 1. The second-order valence-corrected chi connectivity index (χ2v) is 3.06. The zero-order valence-corrected chi connectivity index (χ0v) is 7.37. The summed E-state index contributed by atoms with van der Waals surface area (Å²) < 4.78 is 5.31. The van der Waals surface area contributed by atoms with Crippen LogP contribution in [-0.2, 0) is 6.54 Å². The first-order valence-electron chi connectivity index (χ1n) is 4.12. The highest BCUT2D eigenvalue weighted by atomic mass is 16.3. The van der Waals surface area contributed by atoms with Crippen LogP contribution in [0.4, 0.5) is 0 Å². The molecule has 3 heteroatoms. The normalized spacial score (nSPS) is 10.9. The molecule has 0 bridgehead atoms. The van der Waals surface area contributed by atoms with Gasteiger partial charge in [-0.1, -0.05) is 0 Å². The topological polar surface area (TPSA) is 59.4 Å². The standard InChI is InChI=1S/C10H11NO2/c1-6-5-13-10-7(6)2-3-9(12)8(10)4-11/h2-3,5,12H,4,11H2,1H3. The Balaban J connectivity index is 2.85. The highest BCUT2D eigenvalue weighted by Gasteiger charge is 2.09. The fourth-order valence-electron chi connectivity index (χ4n) is 1.47. The van der Waals surface area contributed by atoms with E-state index in [0.29, 0.717) is 11.1 Å². The van der Waals surface area contributed by atoms with Crippen LogP contribution in [0.15, 0.2) is 22.8 Å². The van der Waals surface area contributed by atoms with Gasteiger partial charge in [-0.05, 0) is 24.6 Å². The third kappa shape index (κ3) is 1.09. The minimum atomic E-state index is 0.198. The molecule has 0 atom stereocenters. The lowest BCUT2D eigenvalue weighted by Gasteiger charge is -2.01. The number of aryl methyl sites for hydroxylation is 1. The minimum Gasteiger partial charge on any atom is -0.507 e. The SMILES string of the molecule is Cc1coc2c(CN)c(O)ccc12. The quantitative estimate of drug-likeness (QED) is 0.699. The predicted octanol–water partition coefficient (Wildman–Crippen LogP) is 1.91. The van der Waals surface area contributed by atoms with E-state index in [9.17, 15) is 5.11 Å². The summed E-state index contributed by atoms with van der Waals surface area (Å²) >= 11 is 0. The Morgan fingerprint density at radius 3 is 2.92 bits per heavy atom. The van der Waals surface area contributed by atoms with Crippen molar-refractivity contribution in [3.05, 3.63) is 29.5 Å². The average molecular weight is 177 g/mol. The minimum absolute atomic E-state index is 0.198. The summed E-state index contributed by atoms with van der Waals surface area (Å²) in [6, 6.07) is 3.48. The van der Waals surface area contributed by atoms with Gasteiger partial charge in [-0.25, -0.2) is 0 Å². The van der Waals surface area contributed by atoms with E-state index in [1.807, 2.05) is 13.0 Å². The predicted molar refractivity (Wildman–Crippen MR) is 50.5 cm³/mol. The van der Waals surface area contributed by atoms with Gasteiger partial charge in [-0.15, -0.1) is 0 Å². The molecule has 0 amide bonds. The first kappa shape index (κ1) is 8.13. The summed E-state index contributed by atoms with van der Waals surface area (Å²) in [5, 5.41) is 10.5. The molecule has 2 rings (SSSR count).